The Hall–Kier alpha value is -5.25. The standard InChI is InChI=1S/C43H48N6O3/c1-52-39-14-8-13-38-41(34(28-44-42(38)39)27-40(50)45-36-19-23-48(24-20-36)29-31-9-4-2-5-10-31)46-35-17-15-33(16-18-35)43(51)47-37-21-25-49(26-22-37)30-32-11-6-3-7-12-32/h2-18,28,36-37H,19-27,29-30H2,1H3,(H,44,46)(H,45,50)(H,47,51). The third kappa shape index (κ3) is 8.96. The fourth-order valence-electron chi connectivity index (χ4n) is 7.41. The molecule has 268 valence electrons. The Morgan fingerprint density at radius 3 is 1.87 bits per heavy atom. The van der Waals surface area contributed by atoms with Crippen molar-refractivity contribution in [3.63, 3.8) is 0 Å². The number of fused-ring (bicyclic) bond motifs is 1. The number of nitrogens with one attached hydrogen (secondary N) is 3. The number of methoxy groups -OCH3 is 1. The summed E-state index contributed by atoms with van der Waals surface area (Å²) < 4.78 is 5.62. The molecule has 9 nitrogen and oxygen atoms in total. The van der Waals surface area contributed by atoms with Gasteiger partial charge in [-0.2, -0.15) is 0 Å². The Kier molecular flexibility index (Phi) is 11.4. The molecule has 5 aromatic rings. The maximum atomic E-state index is 13.4. The number of ether oxygens (including phenoxy) is 1. The fraction of sp³-hybridized carbons (Fsp3) is 0.326. The second kappa shape index (κ2) is 16.8. The number of piperidine rings is 2. The van der Waals surface area contributed by atoms with Crippen molar-refractivity contribution in [2.24, 2.45) is 0 Å². The van der Waals surface area contributed by atoms with Crippen molar-refractivity contribution < 1.29 is 14.3 Å². The summed E-state index contributed by atoms with van der Waals surface area (Å²) in [5.74, 6) is 0.582. The fourth-order valence-corrected chi connectivity index (χ4v) is 7.41. The van der Waals surface area contributed by atoms with Gasteiger partial charge >= 0.3 is 0 Å². The van der Waals surface area contributed by atoms with Crippen LogP contribution in [0.15, 0.2) is 109 Å². The van der Waals surface area contributed by atoms with Gasteiger partial charge in [0, 0.05) is 79.7 Å². The molecule has 3 N–H and O–H groups in total. The van der Waals surface area contributed by atoms with Gasteiger partial charge in [-0.15, -0.1) is 0 Å². The van der Waals surface area contributed by atoms with E-state index in [0.29, 0.717) is 16.8 Å². The van der Waals surface area contributed by atoms with Gasteiger partial charge in [-0.1, -0.05) is 72.8 Å². The van der Waals surface area contributed by atoms with Gasteiger partial charge < -0.3 is 20.7 Å². The Balaban J connectivity index is 0.971. The van der Waals surface area contributed by atoms with Gasteiger partial charge in [-0.05, 0) is 67.1 Å². The van der Waals surface area contributed by atoms with Gasteiger partial charge in [0.05, 0.1) is 19.2 Å². The predicted molar refractivity (Wildman–Crippen MR) is 207 cm³/mol. The van der Waals surface area contributed by atoms with Crippen LogP contribution in [0.25, 0.3) is 10.9 Å². The number of likely N-dealkylation sites (tertiary alicyclic amines) is 2. The molecule has 4 aromatic carbocycles. The molecule has 2 saturated heterocycles. The van der Waals surface area contributed by atoms with E-state index in [9.17, 15) is 9.59 Å². The molecule has 2 amide bonds. The number of rotatable bonds is 12. The van der Waals surface area contributed by atoms with Crippen LogP contribution in [0.4, 0.5) is 11.4 Å². The first kappa shape index (κ1) is 35.2. The molecule has 0 unspecified atom stereocenters. The lowest BCUT2D eigenvalue weighted by molar-refractivity contribution is -0.121. The SMILES string of the molecule is COc1cccc2c(Nc3ccc(C(=O)NC4CCN(Cc5ccccc5)CC4)cc3)c(CC(=O)NC3CCN(Cc4ccccc4)CC3)cnc12. The van der Waals surface area contributed by atoms with Gasteiger partial charge in [0.25, 0.3) is 5.91 Å². The minimum absolute atomic E-state index is 0.0217. The molecular formula is C43H48N6O3. The third-order valence-corrected chi connectivity index (χ3v) is 10.3. The van der Waals surface area contributed by atoms with Gasteiger partial charge in [0.2, 0.25) is 5.91 Å². The maximum Gasteiger partial charge on any atom is 0.251 e. The topological polar surface area (TPSA) is 98.8 Å². The second-order valence-corrected chi connectivity index (χ2v) is 14.0. The number of anilines is 2. The summed E-state index contributed by atoms with van der Waals surface area (Å²) in [5, 5.41) is 11.0. The minimum atomic E-state index is -0.0598. The van der Waals surface area contributed by atoms with Gasteiger partial charge in [0.15, 0.2) is 0 Å². The molecule has 2 fully saturated rings. The zero-order chi connectivity index (χ0) is 35.7. The molecular weight excluding hydrogens is 649 g/mol. The summed E-state index contributed by atoms with van der Waals surface area (Å²) in [5.41, 5.74) is 6.37. The lowest BCUT2D eigenvalue weighted by atomic mass is 10.0. The summed E-state index contributed by atoms with van der Waals surface area (Å²) in [6, 6.07) is 34.7. The number of carbonyl (C=O) groups excluding carboxylic acids is 2. The lowest BCUT2D eigenvalue weighted by Crippen LogP contribution is -2.44. The van der Waals surface area contributed by atoms with Crippen LogP contribution in [0.5, 0.6) is 5.75 Å². The molecule has 1 aromatic heterocycles. The first-order chi connectivity index (χ1) is 25.5. The molecule has 52 heavy (non-hydrogen) atoms. The third-order valence-electron chi connectivity index (χ3n) is 10.3. The molecule has 9 heteroatoms. The van der Waals surface area contributed by atoms with Crippen molar-refractivity contribution in [2.45, 2.75) is 57.3 Å². The quantitative estimate of drug-likeness (QED) is 0.134. The van der Waals surface area contributed by atoms with Crippen molar-refractivity contribution in [3.05, 3.63) is 132 Å². The van der Waals surface area contributed by atoms with Crippen molar-refractivity contribution in [1.82, 2.24) is 25.4 Å². The number of pyridine rings is 1. The van der Waals surface area contributed by atoms with E-state index in [1.807, 2.05) is 54.6 Å². The van der Waals surface area contributed by atoms with E-state index in [4.69, 9.17) is 9.72 Å². The van der Waals surface area contributed by atoms with Crippen LogP contribution in [-0.4, -0.2) is 72.0 Å². The Labute approximate surface area is 306 Å². The molecule has 0 atom stereocenters. The number of carbonyl (C=O) groups is 2. The highest BCUT2D eigenvalue weighted by Gasteiger charge is 2.23. The van der Waals surface area contributed by atoms with Crippen LogP contribution < -0.4 is 20.7 Å². The molecule has 2 aliphatic rings. The molecule has 7 rings (SSSR count). The zero-order valence-electron chi connectivity index (χ0n) is 29.9. The average molecular weight is 697 g/mol. The lowest BCUT2D eigenvalue weighted by Gasteiger charge is -2.32. The Morgan fingerprint density at radius 2 is 1.29 bits per heavy atom. The highest BCUT2D eigenvalue weighted by molar-refractivity contribution is 5.99. The first-order valence-electron chi connectivity index (χ1n) is 18.4. The van der Waals surface area contributed by atoms with Gasteiger partial charge in [0.1, 0.15) is 11.3 Å². The minimum Gasteiger partial charge on any atom is -0.494 e. The molecule has 2 aliphatic heterocycles. The van der Waals surface area contributed by atoms with E-state index < -0.39 is 0 Å². The number of amides is 2. The van der Waals surface area contributed by atoms with Crippen LogP contribution in [-0.2, 0) is 24.3 Å². The van der Waals surface area contributed by atoms with Crippen molar-refractivity contribution in [1.29, 1.82) is 0 Å². The van der Waals surface area contributed by atoms with E-state index in [-0.39, 0.29) is 30.3 Å². The van der Waals surface area contributed by atoms with E-state index in [2.05, 4.69) is 74.3 Å². The zero-order valence-corrected chi connectivity index (χ0v) is 29.9. The molecule has 0 bridgehead atoms. The van der Waals surface area contributed by atoms with Gasteiger partial charge in [-0.3, -0.25) is 24.4 Å². The maximum absolute atomic E-state index is 13.4. The van der Waals surface area contributed by atoms with Crippen LogP contribution >= 0.6 is 0 Å². The number of benzene rings is 4. The number of hydrogen-bond acceptors (Lipinski definition) is 7. The largest absolute Gasteiger partial charge is 0.494 e. The number of aromatic nitrogens is 1. The van der Waals surface area contributed by atoms with Crippen molar-refractivity contribution >= 4 is 34.1 Å². The number of nitrogens with zero attached hydrogens (tertiary/aromatic N) is 3. The average Bonchev–Trinajstić information content (AvgIpc) is 3.18. The molecule has 0 radical (unpaired) electrons. The molecule has 3 heterocycles. The van der Waals surface area contributed by atoms with Crippen LogP contribution in [0, 0.1) is 0 Å². The van der Waals surface area contributed by atoms with E-state index >= 15 is 0 Å². The summed E-state index contributed by atoms with van der Waals surface area (Å²) in [6.07, 6.45) is 5.66. The predicted octanol–water partition coefficient (Wildman–Crippen LogP) is 6.70. The van der Waals surface area contributed by atoms with E-state index in [1.165, 1.54) is 11.1 Å². The molecule has 0 spiro atoms. The summed E-state index contributed by atoms with van der Waals surface area (Å²) in [6.45, 7) is 5.70. The van der Waals surface area contributed by atoms with Crippen LogP contribution in [0.2, 0.25) is 0 Å². The van der Waals surface area contributed by atoms with E-state index in [0.717, 1.165) is 87.3 Å². The van der Waals surface area contributed by atoms with Crippen molar-refractivity contribution in [2.75, 3.05) is 38.6 Å². The number of hydrogen-bond donors (Lipinski definition) is 3. The summed E-state index contributed by atoms with van der Waals surface area (Å²) >= 11 is 0. The summed E-state index contributed by atoms with van der Waals surface area (Å²) in [7, 11) is 1.63. The Bertz CT molecular complexity index is 1940. The first-order valence-corrected chi connectivity index (χ1v) is 18.4. The Morgan fingerprint density at radius 1 is 0.712 bits per heavy atom. The normalized spacial score (nSPS) is 16.0. The number of para-hydroxylation sites is 1. The molecule has 0 aliphatic carbocycles. The summed E-state index contributed by atoms with van der Waals surface area (Å²) in [4.78, 5) is 36.3. The smallest absolute Gasteiger partial charge is 0.251 e. The highest BCUT2D eigenvalue weighted by Crippen LogP contribution is 2.34. The highest BCUT2D eigenvalue weighted by atomic mass is 16.5. The van der Waals surface area contributed by atoms with Crippen molar-refractivity contribution in [3.8, 4) is 5.75 Å². The monoisotopic (exact) mass is 696 g/mol. The van der Waals surface area contributed by atoms with Crippen LogP contribution in [0.3, 0.4) is 0 Å². The van der Waals surface area contributed by atoms with Crippen LogP contribution in [0.1, 0.15) is 52.7 Å². The van der Waals surface area contributed by atoms with E-state index in [1.54, 1.807) is 13.3 Å². The molecule has 0 saturated carbocycles. The van der Waals surface area contributed by atoms with Gasteiger partial charge in [-0.25, -0.2) is 0 Å². The second-order valence-electron chi connectivity index (χ2n) is 14.0.